The monoisotopic (exact) mass is 377 g/mol. The summed E-state index contributed by atoms with van der Waals surface area (Å²) >= 11 is 0. The molecule has 0 aliphatic heterocycles. The third-order valence-corrected chi connectivity index (χ3v) is 6.75. The highest BCUT2D eigenvalue weighted by molar-refractivity contribution is 7.89. The summed E-state index contributed by atoms with van der Waals surface area (Å²) in [6, 6.07) is 19.6. The third kappa shape index (κ3) is 3.20. The first kappa shape index (κ1) is 18.0. The van der Waals surface area contributed by atoms with Crippen LogP contribution in [-0.4, -0.2) is 15.0 Å². The fourth-order valence-electron chi connectivity index (χ4n) is 4.07. The summed E-state index contributed by atoms with van der Waals surface area (Å²) in [6.45, 7) is 6.51. The number of fused-ring (bicyclic) bond motifs is 3. The fraction of sp³-hybridized carbons (Fsp3) is 0.217. The molecule has 0 fully saturated rings. The molecule has 0 heterocycles. The van der Waals surface area contributed by atoms with Crippen LogP contribution in [0.5, 0.6) is 0 Å². The first-order valence-corrected chi connectivity index (χ1v) is 10.6. The van der Waals surface area contributed by atoms with Crippen LogP contribution in [0.2, 0.25) is 0 Å². The Balaban J connectivity index is 1.70. The van der Waals surface area contributed by atoms with Crippen LogP contribution in [0, 0.1) is 20.8 Å². The molecule has 4 rings (SSSR count). The van der Waals surface area contributed by atoms with Gasteiger partial charge in [-0.2, -0.15) is 0 Å². The van der Waals surface area contributed by atoms with Crippen molar-refractivity contribution in [2.45, 2.75) is 31.6 Å². The maximum absolute atomic E-state index is 12.8. The number of benzene rings is 3. The highest BCUT2D eigenvalue weighted by Gasteiger charge is 2.31. The van der Waals surface area contributed by atoms with Gasteiger partial charge in [0.15, 0.2) is 0 Å². The minimum atomic E-state index is -3.54. The van der Waals surface area contributed by atoms with Crippen molar-refractivity contribution in [1.82, 2.24) is 4.72 Å². The molecule has 0 spiro atoms. The number of rotatable bonds is 4. The summed E-state index contributed by atoms with van der Waals surface area (Å²) in [5.74, 6) is 0.0250. The van der Waals surface area contributed by atoms with Crippen molar-refractivity contribution in [1.29, 1.82) is 0 Å². The van der Waals surface area contributed by atoms with Gasteiger partial charge in [0.25, 0.3) is 0 Å². The Morgan fingerprint density at radius 2 is 1.56 bits per heavy atom. The normalized spacial score (nSPS) is 15.4. The van der Waals surface area contributed by atoms with Crippen molar-refractivity contribution in [3.8, 4) is 11.1 Å². The van der Waals surface area contributed by atoms with E-state index in [2.05, 4.69) is 42.8 Å². The molecule has 0 radical (unpaired) electrons. The Morgan fingerprint density at radius 1 is 0.852 bits per heavy atom. The smallest absolute Gasteiger partial charge is 0.210 e. The largest absolute Gasteiger partial charge is 0.240 e. The van der Waals surface area contributed by atoms with Crippen LogP contribution >= 0.6 is 0 Å². The van der Waals surface area contributed by atoms with E-state index >= 15 is 0 Å². The molecule has 27 heavy (non-hydrogen) atoms. The molecule has 1 unspecified atom stereocenters. The van der Waals surface area contributed by atoms with E-state index in [9.17, 15) is 8.42 Å². The average Bonchev–Trinajstić information content (AvgIpc) is 2.95. The van der Waals surface area contributed by atoms with Crippen LogP contribution < -0.4 is 4.72 Å². The number of nitrogens with one attached hydrogen (secondary N) is 1. The van der Waals surface area contributed by atoms with Crippen LogP contribution in [0.3, 0.4) is 0 Å². The molecule has 0 amide bonds. The summed E-state index contributed by atoms with van der Waals surface area (Å²) in [5.41, 5.74) is 8.32. The van der Waals surface area contributed by atoms with Gasteiger partial charge >= 0.3 is 0 Å². The van der Waals surface area contributed by atoms with Crippen LogP contribution in [0.25, 0.3) is 11.1 Å². The summed E-state index contributed by atoms with van der Waals surface area (Å²) in [4.78, 5) is 0.306. The van der Waals surface area contributed by atoms with E-state index in [1.807, 2.05) is 31.2 Å². The molecule has 1 atom stereocenters. The molecule has 0 aromatic heterocycles. The average molecular weight is 378 g/mol. The van der Waals surface area contributed by atoms with Gasteiger partial charge in [-0.25, -0.2) is 13.1 Å². The van der Waals surface area contributed by atoms with Gasteiger partial charge in [0.1, 0.15) is 0 Å². The molecule has 0 saturated heterocycles. The number of sulfonamides is 1. The highest BCUT2D eigenvalue weighted by atomic mass is 32.2. The molecule has 138 valence electrons. The Labute approximate surface area is 161 Å². The van der Waals surface area contributed by atoms with Gasteiger partial charge in [0.2, 0.25) is 10.0 Å². The first-order valence-electron chi connectivity index (χ1n) is 9.13. The minimum absolute atomic E-state index is 0.0250. The lowest BCUT2D eigenvalue weighted by molar-refractivity contribution is 0.578. The van der Waals surface area contributed by atoms with E-state index in [4.69, 9.17) is 0 Å². The van der Waals surface area contributed by atoms with E-state index in [0.29, 0.717) is 11.4 Å². The van der Waals surface area contributed by atoms with E-state index in [1.165, 1.54) is 33.4 Å². The second kappa shape index (κ2) is 6.63. The Bertz CT molecular complexity index is 1120. The lowest BCUT2D eigenvalue weighted by Crippen LogP contribution is -2.28. The summed E-state index contributed by atoms with van der Waals surface area (Å²) in [5, 5.41) is 0. The molecule has 1 aliphatic rings. The number of hydrogen-bond donors (Lipinski definition) is 1. The molecular weight excluding hydrogens is 354 g/mol. The van der Waals surface area contributed by atoms with Crippen molar-refractivity contribution in [3.05, 3.63) is 88.5 Å². The van der Waals surface area contributed by atoms with E-state index in [0.717, 1.165) is 5.56 Å². The second-order valence-electron chi connectivity index (χ2n) is 7.35. The summed E-state index contributed by atoms with van der Waals surface area (Å²) in [6.07, 6.45) is 0. The molecule has 0 bridgehead atoms. The molecule has 4 heteroatoms. The SMILES string of the molecule is Cc1ccc(S(=O)(=O)NCC2c3ccccc3-c3cc(C)cc(C)c32)cc1. The zero-order chi connectivity index (χ0) is 19.2. The molecular formula is C23H23NO2S. The Kier molecular flexibility index (Phi) is 4.41. The number of hydrogen-bond acceptors (Lipinski definition) is 2. The Morgan fingerprint density at radius 3 is 2.30 bits per heavy atom. The second-order valence-corrected chi connectivity index (χ2v) is 9.11. The van der Waals surface area contributed by atoms with Gasteiger partial charge in [-0.1, -0.05) is 59.7 Å². The third-order valence-electron chi connectivity index (χ3n) is 5.31. The zero-order valence-corrected chi connectivity index (χ0v) is 16.6. The minimum Gasteiger partial charge on any atom is -0.210 e. The van der Waals surface area contributed by atoms with Crippen LogP contribution in [0.4, 0.5) is 0 Å². The standard InChI is InChI=1S/C23H23NO2S/c1-15-8-10-18(11-9-15)27(25,26)24-14-22-20-7-5-4-6-19(20)21-13-16(2)12-17(3)23(21)22/h4-13,22,24H,14H2,1-3H3. The molecule has 0 saturated carbocycles. The van der Waals surface area contributed by atoms with Gasteiger partial charge in [-0.15, -0.1) is 0 Å². The highest BCUT2D eigenvalue weighted by Crippen LogP contribution is 2.46. The summed E-state index contributed by atoms with van der Waals surface area (Å²) in [7, 11) is -3.54. The van der Waals surface area contributed by atoms with Crippen molar-refractivity contribution in [3.63, 3.8) is 0 Å². The van der Waals surface area contributed by atoms with Gasteiger partial charge in [-0.3, -0.25) is 0 Å². The van der Waals surface area contributed by atoms with Crippen LogP contribution in [-0.2, 0) is 10.0 Å². The molecule has 1 N–H and O–H groups in total. The van der Waals surface area contributed by atoms with Gasteiger partial charge < -0.3 is 0 Å². The number of aryl methyl sites for hydroxylation is 3. The van der Waals surface area contributed by atoms with Gasteiger partial charge in [0, 0.05) is 12.5 Å². The van der Waals surface area contributed by atoms with Gasteiger partial charge in [0.05, 0.1) is 4.90 Å². The molecule has 3 aromatic carbocycles. The molecule has 3 aromatic rings. The van der Waals surface area contributed by atoms with Crippen LogP contribution in [0.1, 0.15) is 33.7 Å². The van der Waals surface area contributed by atoms with Gasteiger partial charge in [-0.05, 0) is 60.7 Å². The lowest BCUT2D eigenvalue weighted by Gasteiger charge is -2.17. The maximum atomic E-state index is 12.8. The van der Waals surface area contributed by atoms with Crippen molar-refractivity contribution in [2.75, 3.05) is 6.54 Å². The fourth-order valence-corrected chi connectivity index (χ4v) is 5.12. The summed E-state index contributed by atoms with van der Waals surface area (Å²) < 4.78 is 28.3. The van der Waals surface area contributed by atoms with Crippen LogP contribution in [0.15, 0.2) is 65.6 Å². The Hall–Kier alpha value is -2.43. The zero-order valence-electron chi connectivity index (χ0n) is 15.8. The van der Waals surface area contributed by atoms with Crippen molar-refractivity contribution >= 4 is 10.0 Å². The van der Waals surface area contributed by atoms with E-state index < -0.39 is 10.0 Å². The predicted molar refractivity (Wildman–Crippen MR) is 110 cm³/mol. The first-order chi connectivity index (χ1) is 12.9. The van der Waals surface area contributed by atoms with Crippen molar-refractivity contribution in [2.24, 2.45) is 0 Å². The van der Waals surface area contributed by atoms with E-state index in [1.54, 1.807) is 12.1 Å². The topological polar surface area (TPSA) is 46.2 Å². The van der Waals surface area contributed by atoms with E-state index in [-0.39, 0.29) is 5.92 Å². The van der Waals surface area contributed by atoms with Crippen molar-refractivity contribution < 1.29 is 8.42 Å². The molecule has 3 nitrogen and oxygen atoms in total. The lowest BCUT2D eigenvalue weighted by atomic mass is 9.92. The quantitative estimate of drug-likeness (QED) is 0.716. The molecule has 1 aliphatic carbocycles. The maximum Gasteiger partial charge on any atom is 0.240 e. The predicted octanol–water partition coefficient (Wildman–Crippen LogP) is 4.70.